The third-order valence-corrected chi connectivity index (χ3v) is 18.5. The molecule has 7 aromatic carbocycles. The Hall–Kier alpha value is -5.66. The van der Waals surface area contributed by atoms with Crippen LogP contribution in [0.25, 0.3) is 44.5 Å². The molecule has 13 rings (SSSR count). The van der Waals surface area contributed by atoms with Gasteiger partial charge in [0.15, 0.2) is 0 Å². The average Bonchev–Trinajstić information content (AvgIpc) is 3.64. The van der Waals surface area contributed by atoms with Gasteiger partial charge in [-0.1, -0.05) is 155 Å². The molecule has 0 heterocycles. The Labute approximate surface area is 375 Å². The summed E-state index contributed by atoms with van der Waals surface area (Å²) in [6, 6.07) is 63.5. The van der Waals surface area contributed by atoms with Gasteiger partial charge in [-0.3, -0.25) is 0 Å². The second-order valence-corrected chi connectivity index (χ2v) is 21.3. The largest absolute Gasteiger partial charge is 0.310 e. The van der Waals surface area contributed by atoms with E-state index in [1.54, 1.807) is 22.3 Å². The van der Waals surface area contributed by atoms with Gasteiger partial charge in [0.05, 0.1) is 0 Å². The Morgan fingerprint density at radius 1 is 0.460 bits per heavy atom. The van der Waals surface area contributed by atoms with E-state index < -0.39 is 0 Å². The Kier molecular flexibility index (Phi) is 8.22. The van der Waals surface area contributed by atoms with Crippen LogP contribution in [0.15, 0.2) is 164 Å². The maximum absolute atomic E-state index is 2.64. The zero-order valence-corrected chi connectivity index (χ0v) is 37.4. The summed E-state index contributed by atoms with van der Waals surface area (Å²) in [7, 11) is 0. The summed E-state index contributed by atoms with van der Waals surface area (Å²) in [5.41, 5.74) is 21.2. The van der Waals surface area contributed by atoms with Gasteiger partial charge in [0.25, 0.3) is 0 Å². The standard InChI is InChI=1S/C62H59N/c1-5-41-28-39(2)37-61(40(3)29-41)55-22-14-12-20-51(55)53-35-48(24-26-57(53)61)63(50-31-44(42-16-8-6-9-17-42)30-45(32-50)43-18-10-7-11-19-43)49-25-27-58-54(36-49)52-21-13-15-23-56(52)62(58)38-47-33-46-34-59(62)60(46,47)4/h6-27,30-32,35-36,39-41,46-47,59H,5,28-29,33-34,37-38H2,1-4H3/t39-,40+,41?,46?,47-,59-,60+,61-,62+/m1/s1. The van der Waals surface area contributed by atoms with E-state index in [0.29, 0.717) is 17.3 Å². The molecular formula is C62H59N. The van der Waals surface area contributed by atoms with Crippen molar-refractivity contribution in [2.24, 2.45) is 40.9 Å². The molecule has 1 heteroatoms. The molecule has 4 saturated carbocycles. The van der Waals surface area contributed by atoms with Crippen molar-refractivity contribution in [2.45, 2.75) is 83.5 Å². The Balaban J connectivity index is 1.04. The average molecular weight is 818 g/mol. The van der Waals surface area contributed by atoms with Gasteiger partial charge in [0, 0.05) is 27.9 Å². The maximum atomic E-state index is 2.64. The molecule has 312 valence electrons. The summed E-state index contributed by atoms with van der Waals surface area (Å²) in [4.78, 5) is 2.60. The lowest BCUT2D eigenvalue weighted by atomic mass is 9.40. The Bertz CT molecular complexity index is 2890. The lowest BCUT2D eigenvalue weighted by molar-refractivity contribution is -0.150. The van der Waals surface area contributed by atoms with Crippen molar-refractivity contribution >= 4 is 17.1 Å². The van der Waals surface area contributed by atoms with Crippen molar-refractivity contribution in [3.8, 4) is 44.5 Å². The SMILES string of the molecule is CCC1C[C@@H](C)C[C@]2(c3ccccc3-c3cc(N(c4cc(-c5ccccc5)cc(-c5ccccc5)c4)c4ccc5c(c4)-c4ccccc4[C@@]54C[C@H]5CC6C[C@@H]4[C@@]65C)ccc32)[C@@H](C)C1. The number of hydrogen-bond donors (Lipinski definition) is 0. The van der Waals surface area contributed by atoms with Crippen molar-refractivity contribution in [1.29, 1.82) is 0 Å². The van der Waals surface area contributed by atoms with Crippen molar-refractivity contribution in [2.75, 3.05) is 4.90 Å². The predicted molar refractivity (Wildman–Crippen MR) is 263 cm³/mol. The fourth-order valence-electron chi connectivity index (χ4n) is 15.6. The molecule has 9 atom stereocenters. The number of benzene rings is 7. The van der Waals surface area contributed by atoms with Crippen molar-refractivity contribution in [1.82, 2.24) is 0 Å². The second kappa shape index (κ2) is 13.7. The quantitative estimate of drug-likeness (QED) is 0.162. The van der Waals surface area contributed by atoms with Crippen LogP contribution in [0.1, 0.15) is 94.9 Å². The highest BCUT2D eigenvalue weighted by molar-refractivity contribution is 5.92. The van der Waals surface area contributed by atoms with Gasteiger partial charge >= 0.3 is 0 Å². The summed E-state index contributed by atoms with van der Waals surface area (Å²) in [5.74, 6) is 4.53. The van der Waals surface area contributed by atoms with E-state index in [4.69, 9.17) is 0 Å². The van der Waals surface area contributed by atoms with Gasteiger partial charge < -0.3 is 4.90 Å². The summed E-state index contributed by atoms with van der Waals surface area (Å²) in [6.45, 7) is 10.2. The summed E-state index contributed by atoms with van der Waals surface area (Å²) >= 11 is 0. The molecular weight excluding hydrogens is 759 g/mol. The molecule has 0 N–H and O–H groups in total. The van der Waals surface area contributed by atoms with Crippen LogP contribution in [-0.2, 0) is 10.8 Å². The first-order chi connectivity index (χ1) is 30.8. The molecule has 0 bridgehead atoms. The normalized spacial score (nSPS) is 30.1. The minimum absolute atomic E-state index is 0.0236. The minimum Gasteiger partial charge on any atom is -0.310 e. The first-order valence-electron chi connectivity index (χ1n) is 24.4. The van der Waals surface area contributed by atoms with Gasteiger partial charge in [0.1, 0.15) is 0 Å². The molecule has 0 aliphatic heterocycles. The van der Waals surface area contributed by atoms with Crippen molar-refractivity contribution < 1.29 is 0 Å². The summed E-state index contributed by atoms with van der Waals surface area (Å²) in [6.07, 6.45) is 9.23. The van der Waals surface area contributed by atoms with Gasteiger partial charge in [-0.05, 0) is 189 Å². The van der Waals surface area contributed by atoms with Crippen LogP contribution in [0.3, 0.4) is 0 Å². The van der Waals surface area contributed by atoms with Crippen LogP contribution in [0, 0.1) is 40.9 Å². The highest BCUT2D eigenvalue weighted by atomic mass is 15.1. The van der Waals surface area contributed by atoms with Crippen molar-refractivity contribution in [3.63, 3.8) is 0 Å². The third kappa shape index (κ3) is 5.12. The number of nitrogens with zero attached hydrogens (tertiary/aromatic N) is 1. The summed E-state index contributed by atoms with van der Waals surface area (Å²) in [5, 5.41) is 0. The van der Waals surface area contributed by atoms with Crippen LogP contribution in [0.5, 0.6) is 0 Å². The zero-order chi connectivity index (χ0) is 42.2. The number of hydrogen-bond acceptors (Lipinski definition) is 1. The van der Waals surface area contributed by atoms with Crippen molar-refractivity contribution in [3.05, 3.63) is 186 Å². The van der Waals surface area contributed by atoms with Crippen LogP contribution in [0.4, 0.5) is 17.1 Å². The summed E-state index contributed by atoms with van der Waals surface area (Å²) < 4.78 is 0. The van der Waals surface area contributed by atoms with Crippen LogP contribution < -0.4 is 4.90 Å². The van der Waals surface area contributed by atoms with Gasteiger partial charge in [-0.2, -0.15) is 0 Å². The molecule has 7 aromatic rings. The first kappa shape index (κ1) is 37.9. The fraction of sp³-hybridized carbons (Fsp3) is 0.323. The van der Waals surface area contributed by atoms with E-state index in [1.165, 1.54) is 107 Å². The molecule has 2 spiro atoms. The van der Waals surface area contributed by atoms with E-state index in [0.717, 1.165) is 23.7 Å². The topological polar surface area (TPSA) is 3.24 Å². The molecule has 0 aromatic heterocycles. The zero-order valence-electron chi connectivity index (χ0n) is 37.4. The molecule has 6 aliphatic rings. The Morgan fingerprint density at radius 2 is 1.00 bits per heavy atom. The molecule has 0 radical (unpaired) electrons. The minimum atomic E-state index is 0.0236. The van der Waals surface area contributed by atoms with E-state index in [1.807, 2.05) is 0 Å². The smallest absolute Gasteiger partial charge is 0.0473 e. The second-order valence-electron chi connectivity index (χ2n) is 21.3. The van der Waals surface area contributed by atoms with Gasteiger partial charge in [-0.15, -0.1) is 0 Å². The molecule has 0 saturated heterocycles. The van der Waals surface area contributed by atoms with Crippen LogP contribution >= 0.6 is 0 Å². The lowest BCUT2D eigenvalue weighted by Gasteiger charge is -2.64. The maximum Gasteiger partial charge on any atom is 0.0473 e. The number of fused-ring (bicyclic) bond motifs is 11. The van der Waals surface area contributed by atoms with Crippen LogP contribution in [-0.4, -0.2) is 0 Å². The molecule has 4 fully saturated rings. The monoisotopic (exact) mass is 817 g/mol. The van der Waals surface area contributed by atoms with Crippen LogP contribution in [0.2, 0.25) is 0 Å². The third-order valence-electron chi connectivity index (χ3n) is 18.5. The number of anilines is 3. The number of rotatable bonds is 6. The van der Waals surface area contributed by atoms with E-state index in [9.17, 15) is 0 Å². The van der Waals surface area contributed by atoms with Gasteiger partial charge in [0.2, 0.25) is 0 Å². The fourth-order valence-corrected chi connectivity index (χ4v) is 15.6. The molecule has 0 amide bonds. The van der Waals surface area contributed by atoms with Gasteiger partial charge in [-0.25, -0.2) is 0 Å². The predicted octanol–water partition coefficient (Wildman–Crippen LogP) is 16.6. The van der Waals surface area contributed by atoms with E-state index in [-0.39, 0.29) is 10.8 Å². The molecule has 63 heavy (non-hydrogen) atoms. The lowest BCUT2D eigenvalue weighted by Crippen LogP contribution is -2.58. The molecule has 6 aliphatic carbocycles. The molecule has 2 unspecified atom stereocenters. The molecule has 1 nitrogen and oxygen atoms in total. The van der Waals surface area contributed by atoms with E-state index in [2.05, 4.69) is 196 Å². The van der Waals surface area contributed by atoms with E-state index >= 15 is 0 Å². The Morgan fingerprint density at radius 3 is 1.57 bits per heavy atom. The first-order valence-corrected chi connectivity index (χ1v) is 24.4. The highest BCUT2D eigenvalue weighted by Crippen LogP contribution is 2.82. The highest BCUT2D eigenvalue weighted by Gasteiger charge is 2.75.